The number of halogens is 3. The van der Waals surface area contributed by atoms with Crippen molar-refractivity contribution in [3.8, 4) is 0 Å². The van der Waals surface area contributed by atoms with Crippen LogP contribution in [0, 0.1) is 6.92 Å². The summed E-state index contributed by atoms with van der Waals surface area (Å²) in [6, 6.07) is 0. The van der Waals surface area contributed by atoms with E-state index in [4.69, 9.17) is 5.11 Å². The first kappa shape index (κ1) is 15.9. The number of H-pyrrole nitrogens is 1. The fourth-order valence-corrected chi connectivity index (χ4v) is 2.66. The van der Waals surface area contributed by atoms with Gasteiger partial charge in [-0.3, -0.25) is 5.10 Å². The van der Waals surface area contributed by atoms with Crippen molar-refractivity contribution in [3.05, 3.63) is 11.3 Å². The second-order valence-electron chi connectivity index (χ2n) is 3.91. The van der Waals surface area contributed by atoms with Gasteiger partial charge in [-0.15, -0.1) is 0 Å². The molecule has 0 radical (unpaired) electrons. The van der Waals surface area contributed by atoms with Gasteiger partial charge in [0.15, 0.2) is 5.03 Å². The molecule has 0 saturated heterocycles. The van der Waals surface area contributed by atoms with Gasteiger partial charge in [-0.2, -0.15) is 18.3 Å². The van der Waals surface area contributed by atoms with Crippen LogP contribution in [0.3, 0.4) is 0 Å². The molecule has 0 atom stereocenters. The molecule has 110 valence electrons. The molecule has 0 bridgehead atoms. The molecule has 10 heteroatoms. The maximum atomic E-state index is 11.9. The van der Waals surface area contributed by atoms with Gasteiger partial charge in [-0.25, -0.2) is 13.1 Å². The number of aliphatic hydroxyl groups excluding tert-OH is 1. The van der Waals surface area contributed by atoms with Crippen LogP contribution in [0.1, 0.15) is 24.1 Å². The molecule has 0 aliphatic rings. The van der Waals surface area contributed by atoms with E-state index in [1.807, 2.05) is 4.72 Å². The lowest BCUT2D eigenvalue weighted by Gasteiger charge is -2.07. The predicted octanol–water partition coefficient (Wildman–Crippen LogP) is 0.831. The zero-order valence-electron chi connectivity index (χ0n) is 10.1. The van der Waals surface area contributed by atoms with Gasteiger partial charge in [-0.05, 0) is 13.3 Å². The molecule has 0 aliphatic carbocycles. The fourth-order valence-electron chi connectivity index (χ4n) is 1.40. The number of hydrogen-bond donors (Lipinski definition) is 3. The highest BCUT2D eigenvalue weighted by Crippen LogP contribution is 2.21. The maximum absolute atomic E-state index is 11.9. The number of sulfonamides is 1. The van der Waals surface area contributed by atoms with Crippen molar-refractivity contribution in [2.75, 3.05) is 6.54 Å². The summed E-state index contributed by atoms with van der Waals surface area (Å²) in [5.41, 5.74) is 0.487. The van der Waals surface area contributed by atoms with Crippen LogP contribution < -0.4 is 4.72 Å². The number of rotatable bonds is 6. The summed E-state index contributed by atoms with van der Waals surface area (Å²) in [4.78, 5) is 0. The summed E-state index contributed by atoms with van der Waals surface area (Å²) in [5, 5.41) is 14.6. The van der Waals surface area contributed by atoms with Gasteiger partial charge >= 0.3 is 6.18 Å². The largest absolute Gasteiger partial charge is 0.392 e. The number of nitrogens with one attached hydrogen (secondary N) is 2. The number of alkyl halides is 3. The van der Waals surface area contributed by atoms with Gasteiger partial charge in [-0.1, -0.05) is 0 Å². The van der Waals surface area contributed by atoms with E-state index in [1.54, 1.807) is 0 Å². The molecule has 19 heavy (non-hydrogen) atoms. The molecule has 1 aromatic rings. The van der Waals surface area contributed by atoms with Gasteiger partial charge < -0.3 is 5.11 Å². The van der Waals surface area contributed by atoms with E-state index in [0.717, 1.165) is 0 Å². The zero-order valence-corrected chi connectivity index (χ0v) is 10.9. The molecular weight excluding hydrogens is 287 g/mol. The third-order valence-corrected chi connectivity index (χ3v) is 3.81. The first-order valence-electron chi connectivity index (χ1n) is 5.38. The Hall–Kier alpha value is -1.13. The normalized spacial score (nSPS) is 12.9. The zero-order chi connectivity index (χ0) is 14.7. The van der Waals surface area contributed by atoms with E-state index in [-0.39, 0.29) is 23.6 Å². The minimum Gasteiger partial charge on any atom is -0.392 e. The van der Waals surface area contributed by atoms with Crippen LogP contribution in [-0.4, -0.2) is 36.4 Å². The van der Waals surface area contributed by atoms with E-state index < -0.39 is 29.2 Å². The molecule has 6 nitrogen and oxygen atoms in total. The Labute approximate surface area is 108 Å². The summed E-state index contributed by atoms with van der Waals surface area (Å²) < 4.78 is 61.2. The van der Waals surface area contributed by atoms with Crippen molar-refractivity contribution >= 4 is 10.0 Å². The quantitative estimate of drug-likeness (QED) is 0.678. The molecule has 1 heterocycles. The lowest BCUT2D eigenvalue weighted by Crippen LogP contribution is -2.27. The average molecular weight is 301 g/mol. The van der Waals surface area contributed by atoms with Gasteiger partial charge in [0.25, 0.3) is 10.0 Å². The molecule has 0 aromatic carbocycles. The Morgan fingerprint density at radius 1 is 1.42 bits per heavy atom. The molecule has 0 unspecified atom stereocenters. The molecule has 0 aliphatic heterocycles. The van der Waals surface area contributed by atoms with E-state index in [1.165, 1.54) is 6.92 Å². The third kappa shape index (κ3) is 4.48. The number of aliphatic hydroxyl groups is 1. The second kappa shape index (κ2) is 5.88. The van der Waals surface area contributed by atoms with E-state index >= 15 is 0 Å². The molecule has 1 aromatic heterocycles. The van der Waals surface area contributed by atoms with Crippen LogP contribution in [-0.2, 0) is 16.6 Å². The average Bonchev–Trinajstić information content (AvgIpc) is 2.65. The number of aromatic nitrogens is 2. The highest BCUT2D eigenvalue weighted by Gasteiger charge is 2.27. The Balaban J connectivity index is 2.66. The van der Waals surface area contributed by atoms with E-state index in [0.29, 0.717) is 5.69 Å². The highest BCUT2D eigenvalue weighted by atomic mass is 32.2. The summed E-state index contributed by atoms with van der Waals surface area (Å²) >= 11 is 0. The molecule has 0 fully saturated rings. The van der Waals surface area contributed by atoms with E-state index in [2.05, 4.69) is 10.2 Å². The van der Waals surface area contributed by atoms with Crippen LogP contribution in [0.4, 0.5) is 13.2 Å². The predicted molar refractivity (Wildman–Crippen MR) is 59.7 cm³/mol. The summed E-state index contributed by atoms with van der Waals surface area (Å²) in [6.45, 7) is 0.654. The second-order valence-corrected chi connectivity index (χ2v) is 5.59. The minimum absolute atomic E-state index is 0.100. The van der Waals surface area contributed by atoms with Gasteiger partial charge in [0.1, 0.15) is 0 Å². The molecular formula is C9H14F3N3O3S. The lowest BCUT2D eigenvalue weighted by molar-refractivity contribution is -0.135. The Morgan fingerprint density at radius 2 is 2.05 bits per heavy atom. The van der Waals surface area contributed by atoms with Gasteiger partial charge in [0.05, 0.1) is 6.61 Å². The smallest absolute Gasteiger partial charge is 0.389 e. The molecule has 3 N–H and O–H groups in total. The number of aryl methyl sites for hydroxylation is 1. The molecule has 0 amide bonds. The van der Waals surface area contributed by atoms with Crippen LogP contribution in [0.2, 0.25) is 0 Å². The summed E-state index contributed by atoms with van der Waals surface area (Å²) in [6.07, 6.45) is -5.74. The van der Waals surface area contributed by atoms with Crippen molar-refractivity contribution in [1.82, 2.24) is 14.9 Å². The topological polar surface area (TPSA) is 95.1 Å². The third-order valence-electron chi connectivity index (χ3n) is 2.38. The SMILES string of the molecule is Cc1[nH]nc(S(=O)(=O)NCCCC(F)(F)F)c1CO. The van der Waals surface area contributed by atoms with Crippen molar-refractivity contribution in [2.45, 2.75) is 37.6 Å². The molecule has 1 rings (SSSR count). The lowest BCUT2D eigenvalue weighted by atomic mass is 10.3. The van der Waals surface area contributed by atoms with Gasteiger partial charge in [0.2, 0.25) is 0 Å². The number of nitrogens with zero attached hydrogens (tertiary/aromatic N) is 1. The Kier molecular flexibility index (Phi) is 4.93. The Morgan fingerprint density at radius 3 is 2.58 bits per heavy atom. The summed E-state index contributed by atoms with van der Waals surface area (Å²) in [7, 11) is -4.02. The van der Waals surface area contributed by atoms with Crippen LogP contribution >= 0.6 is 0 Å². The monoisotopic (exact) mass is 301 g/mol. The Bertz CT molecular complexity index is 525. The first-order valence-corrected chi connectivity index (χ1v) is 6.87. The van der Waals surface area contributed by atoms with Gasteiger partial charge in [0, 0.05) is 24.2 Å². The van der Waals surface area contributed by atoms with Crippen molar-refractivity contribution in [3.63, 3.8) is 0 Å². The molecule has 0 saturated carbocycles. The van der Waals surface area contributed by atoms with Crippen LogP contribution in [0.15, 0.2) is 5.03 Å². The maximum Gasteiger partial charge on any atom is 0.389 e. The van der Waals surface area contributed by atoms with E-state index in [9.17, 15) is 21.6 Å². The molecule has 0 spiro atoms. The fraction of sp³-hybridized carbons (Fsp3) is 0.667. The summed E-state index contributed by atoms with van der Waals surface area (Å²) in [5.74, 6) is 0. The van der Waals surface area contributed by atoms with Crippen molar-refractivity contribution in [1.29, 1.82) is 0 Å². The van der Waals surface area contributed by atoms with Crippen molar-refractivity contribution in [2.24, 2.45) is 0 Å². The number of aromatic amines is 1. The first-order chi connectivity index (χ1) is 8.67. The standard InChI is InChI=1S/C9H14F3N3O3S/c1-6-7(5-16)8(15-14-6)19(17,18)13-4-2-3-9(10,11)12/h13,16H,2-5H2,1H3,(H,14,15). The highest BCUT2D eigenvalue weighted by molar-refractivity contribution is 7.89. The van der Waals surface area contributed by atoms with Crippen LogP contribution in [0.25, 0.3) is 0 Å². The van der Waals surface area contributed by atoms with Crippen molar-refractivity contribution < 1.29 is 26.7 Å². The van der Waals surface area contributed by atoms with Crippen LogP contribution in [0.5, 0.6) is 0 Å². The number of hydrogen-bond acceptors (Lipinski definition) is 4. The minimum atomic E-state index is -4.31.